The third-order valence-electron chi connectivity index (χ3n) is 5.04. The Morgan fingerprint density at radius 2 is 2.08 bits per heavy atom. The van der Waals surface area contributed by atoms with Gasteiger partial charge in [-0.1, -0.05) is 26.2 Å². The van der Waals surface area contributed by atoms with Crippen molar-refractivity contribution in [2.24, 2.45) is 11.8 Å². The fourth-order valence-electron chi connectivity index (χ4n) is 3.55. The first-order valence-corrected chi connectivity index (χ1v) is 9.41. The number of carbonyl (C=O) groups is 2. The van der Waals surface area contributed by atoms with Crippen LogP contribution in [0, 0.1) is 11.8 Å². The lowest BCUT2D eigenvalue weighted by atomic mass is 9.86. The molecule has 1 aromatic heterocycles. The summed E-state index contributed by atoms with van der Waals surface area (Å²) < 4.78 is 6.82. The number of ether oxygens (including phenoxy) is 1. The van der Waals surface area contributed by atoms with Crippen molar-refractivity contribution in [3.8, 4) is 0 Å². The molecule has 25 heavy (non-hydrogen) atoms. The van der Waals surface area contributed by atoms with Gasteiger partial charge in [0, 0.05) is 38.4 Å². The van der Waals surface area contributed by atoms with Crippen molar-refractivity contribution < 1.29 is 14.3 Å². The Bertz CT molecular complexity index is 524. The van der Waals surface area contributed by atoms with Crippen LogP contribution in [-0.2, 0) is 20.9 Å². The molecule has 6 heteroatoms. The minimum Gasteiger partial charge on any atom is -0.469 e. The Hall–Kier alpha value is -1.85. The highest BCUT2D eigenvalue weighted by molar-refractivity contribution is 5.78. The molecule has 1 amide bonds. The maximum absolute atomic E-state index is 12.8. The number of carbonyl (C=O) groups excluding carboxylic acids is 2. The van der Waals surface area contributed by atoms with Crippen molar-refractivity contribution in [1.29, 1.82) is 0 Å². The van der Waals surface area contributed by atoms with Gasteiger partial charge in [-0.3, -0.25) is 9.59 Å². The van der Waals surface area contributed by atoms with Crippen LogP contribution < -0.4 is 0 Å². The zero-order valence-corrected chi connectivity index (χ0v) is 15.5. The van der Waals surface area contributed by atoms with E-state index in [-0.39, 0.29) is 17.8 Å². The number of esters is 1. The SMILES string of the molecule is COC(=O)C(C)CN(CCCn1ccnc1)C(=O)CC1CCCCC1. The Morgan fingerprint density at radius 1 is 1.32 bits per heavy atom. The van der Waals surface area contributed by atoms with Crippen LogP contribution in [0.25, 0.3) is 0 Å². The minimum atomic E-state index is -0.298. The van der Waals surface area contributed by atoms with Crippen molar-refractivity contribution in [2.75, 3.05) is 20.2 Å². The van der Waals surface area contributed by atoms with Crippen LogP contribution in [0.5, 0.6) is 0 Å². The van der Waals surface area contributed by atoms with Crippen LogP contribution in [0.2, 0.25) is 0 Å². The number of aryl methyl sites for hydroxylation is 1. The Balaban J connectivity index is 1.89. The van der Waals surface area contributed by atoms with E-state index in [9.17, 15) is 9.59 Å². The predicted molar refractivity (Wildman–Crippen MR) is 95.8 cm³/mol. The third kappa shape index (κ3) is 6.52. The van der Waals surface area contributed by atoms with E-state index in [0.29, 0.717) is 25.4 Å². The molecule has 0 bridgehead atoms. The molecule has 140 valence electrons. The molecule has 1 fully saturated rings. The lowest BCUT2D eigenvalue weighted by Gasteiger charge is -2.28. The molecule has 0 aliphatic heterocycles. The van der Waals surface area contributed by atoms with Crippen LogP contribution in [0.1, 0.15) is 51.9 Å². The first-order valence-electron chi connectivity index (χ1n) is 9.41. The molecule has 0 saturated heterocycles. The number of nitrogens with zero attached hydrogens (tertiary/aromatic N) is 3. The molecule has 0 spiro atoms. The Kier molecular flexibility index (Phi) is 7.95. The van der Waals surface area contributed by atoms with Gasteiger partial charge >= 0.3 is 5.97 Å². The second kappa shape index (κ2) is 10.2. The average Bonchev–Trinajstić information content (AvgIpc) is 3.14. The third-order valence-corrected chi connectivity index (χ3v) is 5.04. The molecule has 1 atom stereocenters. The monoisotopic (exact) mass is 349 g/mol. The number of amides is 1. The fraction of sp³-hybridized carbons (Fsp3) is 0.737. The van der Waals surface area contributed by atoms with Gasteiger partial charge in [0.25, 0.3) is 0 Å². The van der Waals surface area contributed by atoms with Gasteiger partial charge in [-0.05, 0) is 25.2 Å². The molecular formula is C19H31N3O3. The summed E-state index contributed by atoms with van der Waals surface area (Å²) in [4.78, 5) is 30.4. The maximum atomic E-state index is 12.8. The second-order valence-corrected chi connectivity index (χ2v) is 7.13. The summed E-state index contributed by atoms with van der Waals surface area (Å²) in [5.41, 5.74) is 0. The molecule has 1 saturated carbocycles. The van der Waals surface area contributed by atoms with Crippen molar-refractivity contribution in [3.05, 3.63) is 18.7 Å². The number of hydrogen-bond acceptors (Lipinski definition) is 4. The predicted octanol–water partition coefficient (Wildman–Crippen LogP) is 2.88. The molecule has 6 nitrogen and oxygen atoms in total. The highest BCUT2D eigenvalue weighted by Gasteiger charge is 2.24. The van der Waals surface area contributed by atoms with Gasteiger partial charge in [-0.2, -0.15) is 0 Å². The normalized spacial score (nSPS) is 16.4. The number of methoxy groups -OCH3 is 1. The molecule has 1 heterocycles. The van der Waals surface area contributed by atoms with Crippen LogP contribution in [-0.4, -0.2) is 46.5 Å². The van der Waals surface area contributed by atoms with Crippen molar-refractivity contribution in [3.63, 3.8) is 0 Å². The average molecular weight is 349 g/mol. The highest BCUT2D eigenvalue weighted by atomic mass is 16.5. The highest BCUT2D eigenvalue weighted by Crippen LogP contribution is 2.27. The Morgan fingerprint density at radius 3 is 2.72 bits per heavy atom. The number of hydrogen-bond donors (Lipinski definition) is 0. The zero-order chi connectivity index (χ0) is 18.1. The van der Waals surface area contributed by atoms with E-state index >= 15 is 0 Å². The van der Waals surface area contributed by atoms with Gasteiger partial charge in [0.05, 0.1) is 19.4 Å². The van der Waals surface area contributed by atoms with E-state index in [1.807, 2.05) is 22.6 Å². The van der Waals surface area contributed by atoms with Gasteiger partial charge in [0.15, 0.2) is 0 Å². The molecule has 0 radical (unpaired) electrons. The molecular weight excluding hydrogens is 318 g/mol. The summed E-state index contributed by atoms with van der Waals surface area (Å²) in [6, 6.07) is 0. The molecule has 0 N–H and O–H groups in total. The smallest absolute Gasteiger partial charge is 0.310 e. The van der Waals surface area contributed by atoms with E-state index < -0.39 is 0 Å². The number of aromatic nitrogens is 2. The second-order valence-electron chi connectivity index (χ2n) is 7.13. The van der Waals surface area contributed by atoms with Gasteiger partial charge in [0.2, 0.25) is 5.91 Å². The van der Waals surface area contributed by atoms with Crippen LogP contribution in [0.15, 0.2) is 18.7 Å². The molecule has 1 aromatic rings. The molecule has 1 aliphatic rings. The summed E-state index contributed by atoms with van der Waals surface area (Å²) in [6.45, 7) is 3.73. The molecule has 0 aromatic carbocycles. The lowest BCUT2D eigenvalue weighted by molar-refractivity contribution is -0.146. The largest absolute Gasteiger partial charge is 0.469 e. The van der Waals surface area contributed by atoms with E-state index in [0.717, 1.165) is 25.8 Å². The first kappa shape index (κ1) is 19.5. The van der Waals surface area contributed by atoms with Crippen molar-refractivity contribution >= 4 is 11.9 Å². The summed E-state index contributed by atoms with van der Waals surface area (Å²) in [5.74, 6) is 0.123. The summed E-state index contributed by atoms with van der Waals surface area (Å²) in [6.07, 6.45) is 13.0. The topological polar surface area (TPSA) is 64.4 Å². The summed E-state index contributed by atoms with van der Waals surface area (Å²) in [7, 11) is 1.39. The van der Waals surface area contributed by atoms with E-state index in [1.54, 1.807) is 12.5 Å². The van der Waals surface area contributed by atoms with Crippen molar-refractivity contribution in [1.82, 2.24) is 14.5 Å². The lowest BCUT2D eigenvalue weighted by Crippen LogP contribution is -2.39. The molecule has 2 rings (SSSR count). The first-order chi connectivity index (χ1) is 12.1. The van der Waals surface area contributed by atoms with E-state index in [1.165, 1.54) is 26.4 Å². The number of rotatable bonds is 9. The van der Waals surface area contributed by atoms with Crippen LogP contribution >= 0.6 is 0 Å². The standard InChI is InChI=1S/C19H31N3O3/c1-16(19(24)25-2)14-22(11-6-10-21-12-9-20-15-21)18(23)13-17-7-4-3-5-8-17/h9,12,15-17H,3-8,10-11,13-14H2,1-2H3. The Labute approximate surface area is 150 Å². The van der Waals surface area contributed by atoms with Gasteiger partial charge in [-0.15, -0.1) is 0 Å². The van der Waals surface area contributed by atoms with Crippen LogP contribution in [0.3, 0.4) is 0 Å². The van der Waals surface area contributed by atoms with Crippen molar-refractivity contribution in [2.45, 2.75) is 58.4 Å². The zero-order valence-electron chi connectivity index (χ0n) is 15.5. The molecule has 1 unspecified atom stereocenters. The minimum absolute atomic E-state index is 0.174. The quantitative estimate of drug-likeness (QED) is 0.643. The summed E-state index contributed by atoms with van der Waals surface area (Å²) in [5, 5.41) is 0. The van der Waals surface area contributed by atoms with E-state index in [4.69, 9.17) is 4.74 Å². The van der Waals surface area contributed by atoms with Crippen LogP contribution in [0.4, 0.5) is 0 Å². The number of imidazole rings is 1. The maximum Gasteiger partial charge on any atom is 0.310 e. The van der Waals surface area contributed by atoms with Gasteiger partial charge < -0.3 is 14.2 Å². The fourth-order valence-corrected chi connectivity index (χ4v) is 3.55. The van der Waals surface area contributed by atoms with E-state index in [2.05, 4.69) is 4.98 Å². The molecule has 1 aliphatic carbocycles. The van der Waals surface area contributed by atoms with Gasteiger partial charge in [-0.25, -0.2) is 4.98 Å². The summed E-state index contributed by atoms with van der Waals surface area (Å²) >= 11 is 0. The van der Waals surface area contributed by atoms with Gasteiger partial charge in [0.1, 0.15) is 0 Å².